The molecule has 0 bridgehead atoms. The summed E-state index contributed by atoms with van der Waals surface area (Å²) in [6, 6.07) is 10.5. The first-order chi connectivity index (χ1) is 15.7. The van der Waals surface area contributed by atoms with Crippen molar-refractivity contribution in [3.63, 3.8) is 0 Å². The Morgan fingerprint density at radius 1 is 0.939 bits per heavy atom. The summed E-state index contributed by atoms with van der Waals surface area (Å²) in [6.45, 7) is -0.530. The molecule has 1 heterocycles. The molecule has 0 radical (unpaired) electrons. The number of hydrogen-bond acceptors (Lipinski definition) is 11. The Kier molecular flexibility index (Phi) is 7.51. The Labute approximate surface area is 187 Å². The molecule has 176 valence electrons. The molecule has 0 spiro atoms. The minimum absolute atomic E-state index is 0.395. The maximum Gasteiger partial charge on any atom is 0.340 e. The van der Waals surface area contributed by atoms with E-state index in [2.05, 4.69) is 0 Å². The number of esters is 2. The SMILES string of the molecule is O=C(C=Cc1ccccc1)OC[C@H]1O[C@@H](OC(=O)c2cc(O)c(O)c(O)c2)[C@H](O)[C@@H](O)[C@@H]1O. The number of carbonyl (C=O) groups excluding carboxylic acids is 2. The third-order valence-corrected chi connectivity index (χ3v) is 4.80. The van der Waals surface area contributed by atoms with E-state index in [4.69, 9.17) is 14.2 Å². The van der Waals surface area contributed by atoms with E-state index in [1.807, 2.05) is 6.07 Å². The number of benzene rings is 2. The largest absolute Gasteiger partial charge is 0.504 e. The number of ether oxygens (including phenoxy) is 3. The van der Waals surface area contributed by atoms with Crippen LogP contribution in [0.4, 0.5) is 0 Å². The minimum Gasteiger partial charge on any atom is -0.504 e. The van der Waals surface area contributed by atoms with Gasteiger partial charge in [0.25, 0.3) is 0 Å². The van der Waals surface area contributed by atoms with Gasteiger partial charge in [-0.05, 0) is 23.8 Å². The van der Waals surface area contributed by atoms with Crippen molar-refractivity contribution >= 4 is 18.0 Å². The van der Waals surface area contributed by atoms with E-state index >= 15 is 0 Å². The summed E-state index contributed by atoms with van der Waals surface area (Å²) in [4.78, 5) is 24.2. The van der Waals surface area contributed by atoms with Gasteiger partial charge in [-0.1, -0.05) is 30.3 Å². The standard InChI is InChI=1S/C22H22O11/c23-13-8-12(9-14(24)17(13)26)21(30)33-22-20(29)19(28)18(27)15(32-22)10-31-16(25)7-6-11-4-2-1-3-5-11/h1-9,15,18-20,22-24,26-29H,10H2/t15-,18-,19+,20-,22+/m1/s1. The molecule has 0 aromatic heterocycles. The zero-order valence-corrected chi connectivity index (χ0v) is 17.0. The third-order valence-electron chi connectivity index (χ3n) is 4.80. The smallest absolute Gasteiger partial charge is 0.340 e. The molecule has 1 aliphatic heterocycles. The molecule has 0 aliphatic carbocycles. The van der Waals surface area contributed by atoms with Gasteiger partial charge in [0.15, 0.2) is 17.2 Å². The van der Waals surface area contributed by atoms with Gasteiger partial charge in [-0.2, -0.15) is 0 Å². The third kappa shape index (κ3) is 5.79. The molecule has 1 aliphatic rings. The van der Waals surface area contributed by atoms with Gasteiger partial charge in [0, 0.05) is 6.08 Å². The molecule has 11 heteroatoms. The Morgan fingerprint density at radius 2 is 1.58 bits per heavy atom. The second kappa shape index (κ2) is 10.3. The van der Waals surface area contributed by atoms with E-state index in [1.165, 1.54) is 6.08 Å². The summed E-state index contributed by atoms with van der Waals surface area (Å²) in [5.74, 6) is -4.39. The molecule has 1 fully saturated rings. The molecule has 1 saturated heterocycles. The highest BCUT2D eigenvalue weighted by Crippen LogP contribution is 2.36. The fourth-order valence-electron chi connectivity index (χ4n) is 2.99. The number of phenols is 3. The zero-order valence-electron chi connectivity index (χ0n) is 17.0. The van der Waals surface area contributed by atoms with Gasteiger partial charge in [-0.15, -0.1) is 0 Å². The second-order valence-electron chi connectivity index (χ2n) is 7.16. The van der Waals surface area contributed by atoms with Crippen LogP contribution in [0.1, 0.15) is 15.9 Å². The van der Waals surface area contributed by atoms with Crippen LogP contribution in [0.2, 0.25) is 0 Å². The van der Waals surface area contributed by atoms with Crippen LogP contribution >= 0.6 is 0 Å². The lowest BCUT2D eigenvalue weighted by Crippen LogP contribution is -2.59. The molecule has 0 unspecified atom stereocenters. The highest BCUT2D eigenvalue weighted by atomic mass is 16.7. The van der Waals surface area contributed by atoms with Crippen molar-refractivity contribution < 1.29 is 54.4 Å². The van der Waals surface area contributed by atoms with E-state index < -0.39 is 72.1 Å². The van der Waals surface area contributed by atoms with Gasteiger partial charge >= 0.3 is 11.9 Å². The lowest BCUT2D eigenvalue weighted by Gasteiger charge is -2.39. The fraction of sp³-hybridized carbons (Fsp3) is 0.273. The van der Waals surface area contributed by atoms with Crippen LogP contribution < -0.4 is 0 Å². The molecule has 2 aromatic carbocycles. The van der Waals surface area contributed by atoms with Crippen LogP contribution in [-0.4, -0.2) is 79.9 Å². The minimum atomic E-state index is -1.85. The van der Waals surface area contributed by atoms with Crippen molar-refractivity contribution in [3.05, 3.63) is 59.7 Å². The molecule has 3 rings (SSSR count). The topological polar surface area (TPSA) is 183 Å². The maximum absolute atomic E-state index is 12.3. The normalized spacial score (nSPS) is 25.0. The summed E-state index contributed by atoms with van der Waals surface area (Å²) in [7, 11) is 0. The first-order valence-electron chi connectivity index (χ1n) is 9.73. The first kappa shape index (κ1) is 24.0. The predicted octanol–water partition coefficient (Wildman–Crippen LogP) is 0.0244. The molecule has 2 aromatic rings. The fourth-order valence-corrected chi connectivity index (χ4v) is 2.99. The van der Waals surface area contributed by atoms with Crippen LogP contribution in [0.5, 0.6) is 17.2 Å². The summed E-state index contributed by atoms with van der Waals surface area (Å²) in [6.07, 6.45) is -5.80. The highest BCUT2D eigenvalue weighted by molar-refractivity contribution is 5.91. The predicted molar refractivity (Wildman–Crippen MR) is 110 cm³/mol. The first-order valence-corrected chi connectivity index (χ1v) is 9.73. The van der Waals surface area contributed by atoms with Crippen molar-refractivity contribution in [2.45, 2.75) is 30.7 Å². The molecule has 5 atom stereocenters. The van der Waals surface area contributed by atoms with Crippen LogP contribution in [-0.2, 0) is 19.0 Å². The molecular weight excluding hydrogens is 440 g/mol. The van der Waals surface area contributed by atoms with Gasteiger partial charge in [-0.3, -0.25) is 0 Å². The summed E-state index contributed by atoms with van der Waals surface area (Å²) in [5.41, 5.74) is 0.355. The number of rotatable bonds is 6. The van der Waals surface area contributed by atoms with Gasteiger partial charge in [0.1, 0.15) is 31.0 Å². The monoisotopic (exact) mass is 462 g/mol. The zero-order chi connectivity index (χ0) is 24.1. The van der Waals surface area contributed by atoms with E-state index in [0.717, 1.165) is 23.8 Å². The van der Waals surface area contributed by atoms with Gasteiger partial charge in [0.2, 0.25) is 6.29 Å². The van der Waals surface area contributed by atoms with Crippen molar-refractivity contribution in [2.24, 2.45) is 0 Å². The Balaban J connectivity index is 1.62. The van der Waals surface area contributed by atoms with Crippen LogP contribution in [0.25, 0.3) is 6.08 Å². The van der Waals surface area contributed by atoms with Gasteiger partial charge in [-0.25, -0.2) is 9.59 Å². The summed E-state index contributed by atoms with van der Waals surface area (Å²) in [5, 5.41) is 58.7. The van der Waals surface area contributed by atoms with E-state index in [0.29, 0.717) is 0 Å². The van der Waals surface area contributed by atoms with E-state index in [9.17, 15) is 40.2 Å². The number of aliphatic hydroxyl groups is 3. The quantitative estimate of drug-likeness (QED) is 0.193. The molecule has 0 saturated carbocycles. The van der Waals surface area contributed by atoms with Crippen molar-refractivity contribution in [3.8, 4) is 17.2 Å². The Bertz CT molecular complexity index is 997. The Morgan fingerprint density at radius 3 is 2.21 bits per heavy atom. The maximum atomic E-state index is 12.3. The molecule has 6 N–H and O–H groups in total. The van der Waals surface area contributed by atoms with Gasteiger partial charge in [0.05, 0.1) is 5.56 Å². The lowest BCUT2D eigenvalue weighted by molar-refractivity contribution is -0.285. The summed E-state index contributed by atoms with van der Waals surface area (Å²) >= 11 is 0. The molecule has 33 heavy (non-hydrogen) atoms. The molecule has 11 nitrogen and oxygen atoms in total. The average Bonchev–Trinajstić information content (AvgIpc) is 2.81. The van der Waals surface area contributed by atoms with Gasteiger partial charge < -0.3 is 44.8 Å². The molecular formula is C22H22O11. The average molecular weight is 462 g/mol. The number of hydrogen-bond donors (Lipinski definition) is 6. The lowest BCUT2D eigenvalue weighted by atomic mass is 9.99. The van der Waals surface area contributed by atoms with Crippen molar-refractivity contribution in [2.75, 3.05) is 6.61 Å². The Hall–Kier alpha value is -3.64. The summed E-state index contributed by atoms with van der Waals surface area (Å²) < 4.78 is 15.3. The van der Waals surface area contributed by atoms with E-state index in [1.54, 1.807) is 24.3 Å². The second-order valence-corrected chi connectivity index (χ2v) is 7.16. The van der Waals surface area contributed by atoms with Crippen molar-refractivity contribution in [1.82, 2.24) is 0 Å². The number of aliphatic hydroxyl groups excluding tert-OH is 3. The number of aromatic hydroxyl groups is 3. The number of carbonyl (C=O) groups is 2. The van der Waals surface area contributed by atoms with Crippen LogP contribution in [0, 0.1) is 0 Å². The van der Waals surface area contributed by atoms with Crippen LogP contribution in [0.15, 0.2) is 48.5 Å². The van der Waals surface area contributed by atoms with Crippen molar-refractivity contribution in [1.29, 1.82) is 0 Å². The highest BCUT2D eigenvalue weighted by Gasteiger charge is 2.46. The molecule has 0 amide bonds. The number of phenolic OH excluding ortho intramolecular Hbond substituents is 3. The van der Waals surface area contributed by atoms with E-state index in [-0.39, 0.29) is 0 Å². The van der Waals surface area contributed by atoms with Crippen LogP contribution in [0.3, 0.4) is 0 Å².